The fourth-order valence-electron chi connectivity index (χ4n) is 2.71. The third-order valence-corrected chi connectivity index (χ3v) is 4.17. The number of anilines is 1. The molecular weight excluding hydrogens is 341 g/mol. The summed E-state index contributed by atoms with van der Waals surface area (Å²) in [6.45, 7) is 4.92. The predicted molar refractivity (Wildman–Crippen MR) is 107 cm³/mol. The second-order valence-corrected chi connectivity index (χ2v) is 6.17. The Balaban J connectivity index is 0.00000208. The van der Waals surface area contributed by atoms with Gasteiger partial charge in [-0.1, -0.05) is 47.5 Å². The van der Waals surface area contributed by atoms with Crippen molar-refractivity contribution in [2.75, 3.05) is 18.5 Å². The molecular formula is C20H21Cl2NO. The van der Waals surface area contributed by atoms with Crippen molar-refractivity contribution in [3.63, 3.8) is 0 Å². The van der Waals surface area contributed by atoms with Gasteiger partial charge >= 0.3 is 0 Å². The molecule has 0 unspecified atom stereocenters. The van der Waals surface area contributed by atoms with E-state index in [0.29, 0.717) is 0 Å². The van der Waals surface area contributed by atoms with Crippen molar-refractivity contribution in [1.82, 2.24) is 0 Å². The second-order valence-electron chi connectivity index (χ2n) is 5.74. The fourth-order valence-corrected chi connectivity index (χ4v) is 2.84. The number of hydrogen-bond donors (Lipinski definition) is 0. The van der Waals surface area contributed by atoms with Crippen LogP contribution in [0, 0.1) is 6.92 Å². The molecule has 3 aromatic rings. The molecule has 0 bridgehead atoms. The van der Waals surface area contributed by atoms with Gasteiger partial charge in [0.25, 0.3) is 0 Å². The Hall–Kier alpha value is -1.90. The monoisotopic (exact) mass is 361 g/mol. The zero-order valence-corrected chi connectivity index (χ0v) is 15.6. The minimum Gasteiger partial charge on any atom is -0.440 e. The first-order valence-electron chi connectivity index (χ1n) is 7.71. The van der Waals surface area contributed by atoms with Crippen LogP contribution in [-0.2, 0) is 0 Å². The first-order valence-corrected chi connectivity index (χ1v) is 8.09. The highest BCUT2D eigenvalue weighted by Gasteiger charge is 2.18. The number of halogens is 2. The average Bonchev–Trinajstić information content (AvgIpc) is 2.92. The molecule has 126 valence electrons. The number of hydrogen-bond acceptors (Lipinski definition) is 2. The third-order valence-electron chi connectivity index (χ3n) is 3.92. The number of benzene rings is 2. The van der Waals surface area contributed by atoms with Crippen LogP contribution < -0.4 is 4.90 Å². The molecule has 0 saturated carbocycles. The summed E-state index contributed by atoms with van der Waals surface area (Å²) in [7, 11) is 2.05. The van der Waals surface area contributed by atoms with Gasteiger partial charge in [-0.3, -0.25) is 0 Å². The van der Waals surface area contributed by atoms with E-state index in [4.69, 9.17) is 16.0 Å². The van der Waals surface area contributed by atoms with Crippen LogP contribution in [0.1, 0.15) is 12.5 Å². The van der Waals surface area contributed by atoms with Gasteiger partial charge in [-0.25, -0.2) is 0 Å². The lowest BCUT2D eigenvalue weighted by Gasteiger charge is -2.16. The van der Waals surface area contributed by atoms with Crippen molar-refractivity contribution >= 4 is 40.9 Å². The quantitative estimate of drug-likeness (QED) is 0.493. The molecule has 1 aromatic heterocycles. The summed E-state index contributed by atoms with van der Waals surface area (Å²) < 4.78 is 6.16. The van der Waals surface area contributed by atoms with Crippen molar-refractivity contribution in [2.45, 2.75) is 13.8 Å². The van der Waals surface area contributed by atoms with Crippen molar-refractivity contribution in [1.29, 1.82) is 0 Å². The van der Waals surface area contributed by atoms with E-state index in [1.807, 2.05) is 50.4 Å². The van der Waals surface area contributed by atoms with Crippen LogP contribution in [0.4, 0.5) is 5.88 Å². The Morgan fingerprint density at radius 2 is 1.83 bits per heavy atom. The second kappa shape index (κ2) is 7.78. The summed E-state index contributed by atoms with van der Waals surface area (Å²) >= 11 is 6.04. The molecule has 0 spiro atoms. The first kappa shape index (κ1) is 18.4. The molecule has 0 aliphatic rings. The largest absolute Gasteiger partial charge is 0.440 e. The molecule has 0 amide bonds. The van der Waals surface area contributed by atoms with Crippen molar-refractivity contribution in [3.05, 3.63) is 65.2 Å². The summed E-state index contributed by atoms with van der Waals surface area (Å²) in [5, 5.41) is 1.87. The standard InChI is InChI=1S/C20H20ClNO.ClH/c1-4-5-12-22(3)20-19(15-7-9-16(21)10-8-15)17-13-14(2)6-11-18(17)23-20;/h4-11,13H,12H2,1-3H3;1H/b5-4+;. The Kier molecular flexibility index (Phi) is 5.98. The van der Waals surface area contributed by atoms with Gasteiger partial charge in [0.15, 0.2) is 0 Å². The van der Waals surface area contributed by atoms with Crippen LogP contribution in [0.2, 0.25) is 5.02 Å². The minimum absolute atomic E-state index is 0. The van der Waals surface area contributed by atoms with Crippen LogP contribution in [0.15, 0.2) is 59.0 Å². The molecule has 0 N–H and O–H groups in total. The lowest BCUT2D eigenvalue weighted by Crippen LogP contribution is -2.16. The van der Waals surface area contributed by atoms with Crippen LogP contribution in [0.3, 0.4) is 0 Å². The van der Waals surface area contributed by atoms with Gasteiger partial charge < -0.3 is 9.32 Å². The SMILES string of the molecule is C/C=C/CN(C)c1oc2ccc(C)cc2c1-c1ccc(Cl)cc1.Cl. The number of nitrogens with zero attached hydrogens (tertiary/aromatic N) is 1. The van der Waals surface area contributed by atoms with E-state index in [2.05, 4.69) is 30.0 Å². The molecule has 4 heteroatoms. The van der Waals surface area contributed by atoms with E-state index in [1.165, 1.54) is 5.56 Å². The number of furan rings is 1. The van der Waals surface area contributed by atoms with Crippen LogP contribution in [0.5, 0.6) is 0 Å². The van der Waals surface area contributed by atoms with E-state index in [1.54, 1.807) is 0 Å². The number of rotatable bonds is 4. The first-order chi connectivity index (χ1) is 11.1. The van der Waals surface area contributed by atoms with E-state index >= 15 is 0 Å². The van der Waals surface area contributed by atoms with Gasteiger partial charge in [-0.2, -0.15) is 0 Å². The van der Waals surface area contributed by atoms with E-state index in [-0.39, 0.29) is 12.4 Å². The maximum atomic E-state index is 6.16. The van der Waals surface area contributed by atoms with Crippen molar-refractivity contribution in [2.24, 2.45) is 0 Å². The number of aryl methyl sites for hydroxylation is 1. The molecule has 24 heavy (non-hydrogen) atoms. The van der Waals surface area contributed by atoms with Crippen LogP contribution >= 0.6 is 24.0 Å². The fraction of sp³-hybridized carbons (Fsp3) is 0.200. The molecule has 3 rings (SSSR count). The third kappa shape index (κ3) is 3.61. The number of likely N-dealkylation sites (N-methyl/N-ethyl adjacent to an activating group) is 1. The Labute approximate surface area is 154 Å². The summed E-state index contributed by atoms with van der Waals surface area (Å²) in [6.07, 6.45) is 4.16. The zero-order valence-electron chi connectivity index (χ0n) is 14.0. The summed E-state index contributed by atoms with van der Waals surface area (Å²) in [5.74, 6) is 0.881. The van der Waals surface area contributed by atoms with Crippen LogP contribution in [-0.4, -0.2) is 13.6 Å². The summed E-state index contributed by atoms with van der Waals surface area (Å²) in [4.78, 5) is 2.12. The molecule has 2 nitrogen and oxygen atoms in total. The predicted octanol–water partition coefficient (Wildman–Crippen LogP) is 6.50. The van der Waals surface area contributed by atoms with Gasteiger partial charge in [0.1, 0.15) is 5.58 Å². The van der Waals surface area contributed by atoms with E-state index < -0.39 is 0 Å². The molecule has 2 aromatic carbocycles. The van der Waals surface area contributed by atoms with E-state index in [0.717, 1.165) is 39.5 Å². The molecule has 0 aliphatic heterocycles. The lowest BCUT2D eigenvalue weighted by atomic mass is 10.0. The van der Waals surface area contributed by atoms with Gasteiger partial charge in [0.2, 0.25) is 5.88 Å². The zero-order chi connectivity index (χ0) is 16.4. The van der Waals surface area contributed by atoms with Gasteiger partial charge in [0, 0.05) is 24.0 Å². The summed E-state index contributed by atoms with van der Waals surface area (Å²) in [5.41, 5.74) is 4.35. The number of fused-ring (bicyclic) bond motifs is 1. The van der Waals surface area contributed by atoms with Crippen LogP contribution in [0.25, 0.3) is 22.1 Å². The smallest absolute Gasteiger partial charge is 0.204 e. The molecule has 0 fully saturated rings. The Morgan fingerprint density at radius 3 is 2.50 bits per heavy atom. The molecule has 0 radical (unpaired) electrons. The molecule has 0 aliphatic carbocycles. The lowest BCUT2D eigenvalue weighted by molar-refractivity contribution is 0.605. The molecule has 0 atom stereocenters. The van der Waals surface area contributed by atoms with Crippen molar-refractivity contribution < 1.29 is 4.42 Å². The van der Waals surface area contributed by atoms with Gasteiger partial charge in [-0.05, 0) is 43.7 Å². The highest BCUT2D eigenvalue weighted by molar-refractivity contribution is 6.30. The highest BCUT2D eigenvalue weighted by Crippen LogP contribution is 2.40. The topological polar surface area (TPSA) is 16.4 Å². The maximum Gasteiger partial charge on any atom is 0.204 e. The highest BCUT2D eigenvalue weighted by atomic mass is 35.5. The molecule has 0 saturated heterocycles. The van der Waals surface area contributed by atoms with Crippen molar-refractivity contribution in [3.8, 4) is 11.1 Å². The minimum atomic E-state index is 0. The Morgan fingerprint density at radius 1 is 1.12 bits per heavy atom. The summed E-state index contributed by atoms with van der Waals surface area (Å²) in [6, 6.07) is 14.2. The maximum absolute atomic E-state index is 6.16. The Bertz CT molecular complexity index is 850. The molecule has 1 heterocycles. The number of allylic oxidation sites excluding steroid dienone is 1. The van der Waals surface area contributed by atoms with Gasteiger partial charge in [0.05, 0.1) is 5.56 Å². The average molecular weight is 362 g/mol. The van der Waals surface area contributed by atoms with Gasteiger partial charge in [-0.15, -0.1) is 12.4 Å². The normalized spacial score (nSPS) is 11.0. The van der Waals surface area contributed by atoms with E-state index in [9.17, 15) is 0 Å².